The maximum atomic E-state index is 11.9. The van der Waals surface area contributed by atoms with Crippen molar-refractivity contribution in [2.45, 2.75) is 58.2 Å². The van der Waals surface area contributed by atoms with E-state index in [1.54, 1.807) is 18.7 Å². The fourth-order valence-electron chi connectivity index (χ4n) is 1.65. The van der Waals surface area contributed by atoms with Crippen molar-refractivity contribution in [3.63, 3.8) is 0 Å². The van der Waals surface area contributed by atoms with Gasteiger partial charge in [0.1, 0.15) is 0 Å². The third-order valence-corrected chi connectivity index (χ3v) is 3.88. The summed E-state index contributed by atoms with van der Waals surface area (Å²) in [7, 11) is 0. The van der Waals surface area contributed by atoms with Crippen molar-refractivity contribution >= 4 is 17.7 Å². The quantitative estimate of drug-likeness (QED) is 0.595. The van der Waals surface area contributed by atoms with Crippen LogP contribution in [-0.2, 0) is 4.79 Å². The van der Waals surface area contributed by atoms with Gasteiger partial charge < -0.3 is 15.7 Å². The van der Waals surface area contributed by atoms with Crippen LogP contribution in [0.25, 0.3) is 0 Å². The zero-order valence-corrected chi connectivity index (χ0v) is 13.1. The van der Waals surface area contributed by atoms with Crippen molar-refractivity contribution in [1.29, 1.82) is 0 Å². The summed E-state index contributed by atoms with van der Waals surface area (Å²) in [5.41, 5.74) is -0.775. The van der Waals surface area contributed by atoms with Crippen LogP contribution in [0.3, 0.4) is 0 Å². The van der Waals surface area contributed by atoms with Gasteiger partial charge in [0.25, 0.3) is 0 Å². The zero-order chi connectivity index (χ0) is 14.2. The fourth-order valence-corrected chi connectivity index (χ4v) is 2.37. The van der Waals surface area contributed by atoms with Gasteiger partial charge in [-0.15, -0.1) is 0 Å². The van der Waals surface area contributed by atoms with Crippen molar-refractivity contribution < 1.29 is 9.90 Å². The van der Waals surface area contributed by atoms with Crippen molar-refractivity contribution in [2.24, 2.45) is 0 Å². The van der Waals surface area contributed by atoms with E-state index in [0.29, 0.717) is 12.3 Å². The molecule has 0 aliphatic carbocycles. The van der Waals surface area contributed by atoms with Crippen LogP contribution in [0, 0.1) is 0 Å². The smallest absolute Gasteiger partial charge is 0.237 e. The average molecular weight is 276 g/mol. The minimum absolute atomic E-state index is 0.00338. The van der Waals surface area contributed by atoms with Gasteiger partial charge in [0.05, 0.1) is 11.6 Å². The summed E-state index contributed by atoms with van der Waals surface area (Å²) in [6.07, 6.45) is 3.84. The molecule has 0 aromatic carbocycles. The Morgan fingerprint density at radius 2 is 1.94 bits per heavy atom. The molecule has 4 nitrogen and oxygen atoms in total. The largest absolute Gasteiger partial charge is 0.388 e. The maximum Gasteiger partial charge on any atom is 0.237 e. The summed E-state index contributed by atoms with van der Waals surface area (Å²) in [4.78, 5) is 11.9. The molecular weight excluding hydrogens is 248 g/mol. The minimum atomic E-state index is -0.775. The summed E-state index contributed by atoms with van der Waals surface area (Å²) >= 11 is 1.60. The SMILES string of the molecule is CCC(CC)NC(=O)C(C)NCC(C)(O)CSC. The summed E-state index contributed by atoms with van der Waals surface area (Å²) in [5.74, 6) is 0.657. The first-order chi connectivity index (χ1) is 8.36. The molecule has 2 atom stereocenters. The third kappa shape index (κ3) is 7.24. The van der Waals surface area contributed by atoms with Gasteiger partial charge in [0.2, 0.25) is 5.91 Å². The molecule has 0 aromatic rings. The molecule has 0 spiro atoms. The topological polar surface area (TPSA) is 61.4 Å². The summed E-state index contributed by atoms with van der Waals surface area (Å²) in [6, 6.07) is -0.0348. The summed E-state index contributed by atoms with van der Waals surface area (Å²) in [5, 5.41) is 16.1. The van der Waals surface area contributed by atoms with E-state index in [9.17, 15) is 9.90 Å². The van der Waals surface area contributed by atoms with E-state index in [-0.39, 0.29) is 18.0 Å². The Bertz CT molecular complexity index is 243. The van der Waals surface area contributed by atoms with Crippen molar-refractivity contribution in [3.8, 4) is 0 Å². The number of hydrogen-bond acceptors (Lipinski definition) is 4. The summed E-state index contributed by atoms with van der Waals surface area (Å²) in [6.45, 7) is 8.16. The van der Waals surface area contributed by atoms with Gasteiger partial charge in [-0.3, -0.25) is 4.79 Å². The van der Waals surface area contributed by atoms with E-state index in [1.165, 1.54) is 0 Å². The molecule has 1 amide bonds. The molecule has 0 fully saturated rings. The Kier molecular flexibility index (Phi) is 8.65. The molecule has 0 saturated heterocycles. The number of nitrogens with one attached hydrogen (secondary N) is 2. The second kappa shape index (κ2) is 8.77. The van der Waals surface area contributed by atoms with Crippen LogP contribution < -0.4 is 10.6 Å². The van der Waals surface area contributed by atoms with Gasteiger partial charge in [-0.2, -0.15) is 11.8 Å². The highest BCUT2D eigenvalue weighted by Crippen LogP contribution is 2.09. The molecule has 0 heterocycles. The van der Waals surface area contributed by atoms with E-state index in [4.69, 9.17) is 0 Å². The van der Waals surface area contributed by atoms with Crippen LogP contribution >= 0.6 is 11.8 Å². The molecule has 0 aliphatic rings. The second-order valence-electron chi connectivity index (χ2n) is 5.05. The first-order valence-corrected chi connectivity index (χ1v) is 8.00. The number of rotatable bonds is 9. The van der Waals surface area contributed by atoms with Crippen LogP contribution in [0.2, 0.25) is 0 Å². The van der Waals surface area contributed by atoms with E-state index in [2.05, 4.69) is 24.5 Å². The van der Waals surface area contributed by atoms with Gasteiger partial charge >= 0.3 is 0 Å². The second-order valence-corrected chi connectivity index (χ2v) is 5.92. The predicted molar refractivity (Wildman–Crippen MR) is 79.0 cm³/mol. The van der Waals surface area contributed by atoms with E-state index in [0.717, 1.165) is 12.8 Å². The molecule has 0 saturated carbocycles. The first kappa shape index (κ1) is 17.7. The van der Waals surface area contributed by atoms with Gasteiger partial charge in [0.15, 0.2) is 0 Å². The lowest BCUT2D eigenvalue weighted by Crippen LogP contribution is -2.50. The number of aliphatic hydroxyl groups is 1. The molecule has 3 N–H and O–H groups in total. The highest BCUT2D eigenvalue weighted by molar-refractivity contribution is 7.98. The minimum Gasteiger partial charge on any atom is -0.388 e. The Morgan fingerprint density at radius 1 is 1.39 bits per heavy atom. The number of carbonyl (C=O) groups excluding carboxylic acids is 1. The summed E-state index contributed by atoms with van der Waals surface area (Å²) < 4.78 is 0. The van der Waals surface area contributed by atoms with Crippen molar-refractivity contribution in [2.75, 3.05) is 18.6 Å². The van der Waals surface area contributed by atoms with E-state index < -0.39 is 5.60 Å². The van der Waals surface area contributed by atoms with E-state index in [1.807, 2.05) is 13.2 Å². The fraction of sp³-hybridized carbons (Fsp3) is 0.923. The molecule has 2 unspecified atom stereocenters. The molecule has 0 rings (SSSR count). The molecule has 0 aliphatic heterocycles. The lowest BCUT2D eigenvalue weighted by atomic mass is 10.1. The number of amides is 1. The van der Waals surface area contributed by atoms with Crippen LogP contribution in [0.4, 0.5) is 0 Å². The molecule has 5 heteroatoms. The Morgan fingerprint density at radius 3 is 2.39 bits per heavy atom. The van der Waals surface area contributed by atoms with Crippen LogP contribution in [0.15, 0.2) is 0 Å². The van der Waals surface area contributed by atoms with E-state index >= 15 is 0 Å². The highest BCUT2D eigenvalue weighted by Gasteiger charge is 2.22. The molecule has 0 radical (unpaired) electrons. The maximum absolute atomic E-state index is 11.9. The molecule has 0 aromatic heterocycles. The average Bonchev–Trinajstić information content (AvgIpc) is 2.32. The standard InChI is InChI=1S/C13H28N2O2S/c1-6-11(7-2)15-12(16)10(3)14-8-13(4,17)9-18-5/h10-11,14,17H,6-9H2,1-5H3,(H,15,16). The third-order valence-electron chi connectivity index (χ3n) is 2.97. The Hall–Kier alpha value is -0.260. The Labute approximate surface area is 115 Å². The lowest BCUT2D eigenvalue weighted by molar-refractivity contribution is -0.123. The van der Waals surface area contributed by atoms with Crippen LogP contribution in [0.1, 0.15) is 40.5 Å². The predicted octanol–water partition coefficient (Wildman–Crippen LogP) is 1.38. The van der Waals surface area contributed by atoms with Crippen LogP contribution in [-0.4, -0.2) is 47.3 Å². The van der Waals surface area contributed by atoms with Gasteiger partial charge in [0, 0.05) is 18.3 Å². The van der Waals surface area contributed by atoms with Crippen LogP contribution in [0.5, 0.6) is 0 Å². The number of hydrogen-bond donors (Lipinski definition) is 3. The van der Waals surface area contributed by atoms with Gasteiger partial charge in [-0.25, -0.2) is 0 Å². The molecule has 0 bridgehead atoms. The normalized spacial score (nSPS) is 16.4. The molecular formula is C13H28N2O2S. The lowest BCUT2D eigenvalue weighted by Gasteiger charge is -2.25. The first-order valence-electron chi connectivity index (χ1n) is 6.61. The van der Waals surface area contributed by atoms with Gasteiger partial charge in [-0.05, 0) is 32.9 Å². The van der Waals surface area contributed by atoms with Crippen molar-refractivity contribution in [3.05, 3.63) is 0 Å². The number of carbonyl (C=O) groups is 1. The Balaban J connectivity index is 4.08. The van der Waals surface area contributed by atoms with Crippen molar-refractivity contribution in [1.82, 2.24) is 10.6 Å². The zero-order valence-electron chi connectivity index (χ0n) is 12.2. The van der Waals surface area contributed by atoms with Gasteiger partial charge in [-0.1, -0.05) is 13.8 Å². The highest BCUT2D eigenvalue weighted by atomic mass is 32.2. The number of thioether (sulfide) groups is 1. The molecule has 18 heavy (non-hydrogen) atoms. The molecule has 108 valence electrons. The monoisotopic (exact) mass is 276 g/mol.